The van der Waals surface area contributed by atoms with Crippen molar-refractivity contribution in [1.82, 2.24) is 30.4 Å². The SMILES string of the molecule is O=c1ccc2nc(-c3cc(Cl)c4nn[nH]c4c3)c(-c3ccccc3)nc2[nH]1. The molecule has 0 unspecified atom stereocenters. The molecule has 5 aromatic rings. The van der Waals surface area contributed by atoms with Crippen molar-refractivity contribution in [2.75, 3.05) is 0 Å². The highest BCUT2D eigenvalue weighted by Gasteiger charge is 2.16. The van der Waals surface area contributed by atoms with Gasteiger partial charge in [0.15, 0.2) is 5.65 Å². The van der Waals surface area contributed by atoms with Crippen LogP contribution in [0.4, 0.5) is 0 Å². The van der Waals surface area contributed by atoms with Crippen LogP contribution in [0.15, 0.2) is 59.4 Å². The minimum absolute atomic E-state index is 0.225. The van der Waals surface area contributed by atoms with E-state index in [0.717, 1.165) is 11.1 Å². The molecule has 0 saturated carbocycles. The van der Waals surface area contributed by atoms with Crippen LogP contribution in [-0.2, 0) is 0 Å². The molecule has 0 spiro atoms. The van der Waals surface area contributed by atoms with Crippen molar-refractivity contribution in [1.29, 1.82) is 0 Å². The van der Waals surface area contributed by atoms with Crippen molar-refractivity contribution in [3.63, 3.8) is 0 Å². The summed E-state index contributed by atoms with van der Waals surface area (Å²) in [6.45, 7) is 0. The van der Waals surface area contributed by atoms with Crippen LogP contribution in [0.2, 0.25) is 5.02 Å². The highest BCUT2D eigenvalue weighted by Crippen LogP contribution is 2.33. The lowest BCUT2D eigenvalue weighted by Gasteiger charge is -2.10. The first kappa shape index (κ1) is 15.7. The van der Waals surface area contributed by atoms with Crippen LogP contribution < -0.4 is 5.56 Å². The molecule has 0 aliphatic heterocycles. The maximum atomic E-state index is 11.7. The molecule has 27 heavy (non-hydrogen) atoms. The summed E-state index contributed by atoms with van der Waals surface area (Å²) in [6.07, 6.45) is 0. The molecule has 2 aromatic carbocycles. The monoisotopic (exact) mass is 374 g/mol. The van der Waals surface area contributed by atoms with Gasteiger partial charge in [0.05, 0.1) is 21.9 Å². The van der Waals surface area contributed by atoms with Gasteiger partial charge in [-0.2, -0.15) is 0 Å². The third-order valence-electron chi connectivity index (χ3n) is 4.26. The number of nitrogens with one attached hydrogen (secondary N) is 2. The number of benzene rings is 2. The first-order valence-electron chi connectivity index (χ1n) is 8.16. The zero-order valence-corrected chi connectivity index (χ0v) is 14.5. The van der Waals surface area contributed by atoms with E-state index in [1.165, 1.54) is 6.07 Å². The Bertz CT molecular complexity index is 1360. The van der Waals surface area contributed by atoms with Gasteiger partial charge < -0.3 is 4.98 Å². The smallest absolute Gasteiger partial charge is 0.249 e. The van der Waals surface area contributed by atoms with Crippen molar-refractivity contribution in [2.24, 2.45) is 0 Å². The molecule has 0 amide bonds. The second kappa shape index (κ2) is 6.00. The summed E-state index contributed by atoms with van der Waals surface area (Å²) in [4.78, 5) is 23.8. The van der Waals surface area contributed by atoms with Crippen molar-refractivity contribution in [2.45, 2.75) is 0 Å². The average molecular weight is 375 g/mol. The van der Waals surface area contributed by atoms with Gasteiger partial charge in [0, 0.05) is 17.2 Å². The topological polar surface area (TPSA) is 100 Å². The molecule has 0 fully saturated rings. The number of rotatable bonds is 2. The van der Waals surface area contributed by atoms with Crippen LogP contribution in [-0.4, -0.2) is 30.4 Å². The first-order valence-corrected chi connectivity index (χ1v) is 8.54. The lowest BCUT2D eigenvalue weighted by molar-refractivity contribution is 0.959. The fourth-order valence-corrected chi connectivity index (χ4v) is 3.28. The van der Waals surface area contributed by atoms with Crippen molar-refractivity contribution in [3.05, 3.63) is 70.0 Å². The van der Waals surface area contributed by atoms with Crippen LogP contribution in [0.1, 0.15) is 0 Å². The van der Waals surface area contributed by atoms with E-state index in [1.54, 1.807) is 12.1 Å². The molecule has 3 heterocycles. The molecule has 7 nitrogen and oxygen atoms in total. The van der Waals surface area contributed by atoms with Crippen LogP contribution >= 0.6 is 11.6 Å². The Morgan fingerprint density at radius 1 is 0.889 bits per heavy atom. The highest BCUT2D eigenvalue weighted by molar-refractivity contribution is 6.35. The Labute approximate surface area is 157 Å². The summed E-state index contributed by atoms with van der Waals surface area (Å²) in [6, 6.07) is 16.4. The van der Waals surface area contributed by atoms with E-state index in [4.69, 9.17) is 16.6 Å². The Hall–Kier alpha value is -3.58. The number of hydrogen-bond acceptors (Lipinski definition) is 5. The summed E-state index contributed by atoms with van der Waals surface area (Å²) in [5, 5.41) is 11.1. The van der Waals surface area contributed by atoms with Crippen molar-refractivity contribution in [3.8, 4) is 22.5 Å². The third kappa shape index (κ3) is 2.65. The van der Waals surface area contributed by atoms with Crippen LogP contribution in [0.25, 0.3) is 44.7 Å². The van der Waals surface area contributed by atoms with Gasteiger partial charge in [-0.15, -0.1) is 5.10 Å². The second-order valence-corrected chi connectivity index (χ2v) is 6.42. The Kier molecular flexibility index (Phi) is 3.48. The first-order chi connectivity index (χ1) is 13.2. The van der Waals surface area contributed by atoms with Gasteiger partial charge in [-0.05, 0) is 18.2 Å². The van der Waals surface area contributed by atoms with E-state index in [9.17, 15) is 4.79 Å². The predicted molar refractivity (Wildman–Crippen MR) is 103 cm³/mol. The maximum Gasteiger partial charge on any atom is 0.249 e. The molecule has 0 saturated heterocycles. The van der Waals surface area contributed by atoms with E-state index < -0.39 is 0 Å². The quantitative estimate of drug-likeness (QED) is 0.492. The van der Waals surface area contributed by atoms with Crippen molar-refractivity contribution >= 4 is 33.8 Å². The summed E-state index contributed by atoms with van der Waals surface area (Å²) < 4.78 is 0. The summed E-state index contributed by atoms with van der Waals surface area (Å²) in [5.74, 6) is 0. The maximum absolute atomic E-state index is 11.7. The largest absolute Gasteiger partial charge is 0.305 e. The van der Waals surface area contributed by atoms with Gasteiger partial charge >= 0.3 is 0 Å². The molecule has 0 aliphatic rings. The van der Waals surface area contributed by atoms with E-state index in [1.807, 2.05) is 36.4 Å². The van der Waals surface area contributed by atoms with E-state index in [-0.39, 0.29) is 5.56 Å². The van der Waals surface area contributed by atoms with Crippen LogP contribution in [0.5, 0.6) is 0 Å². The fourth-order valence-electron chi connectivity index (χ4n) is 3.02. The third-order valence-corrected chi connectivity index (χ3v) is 4.55. The highest BCUT2D eigenvalue weighted by atomic mass is 35.5. The van der Waals surface area contributed by atoms with Gasteiger partial charge in [0.25, 0.3) is 0 Å². The molecule has 0 aliphatic carbocycles. The molecule has 3 aromatic heterocycles. The van der Waals surface area contributed by atoms with Crippen LogP contribution in [0, 0.1) is 0 Å². The van der Waals surface area contributed by atoms with Gasteiger partial charge in [-0.3, -0.25) is 9.89 Å². The minimum atomic E-state index is -0.225. The molecular formula is C19H11ClN6O. The zero-order chi connectivity index (χ0) is 18.4. The predicted octanol–water partition coefficient (Wildman–Crippen LogP) is 3.58. The van der Waals surface area contributed by atoms with Gasteiger partial charge in [-0.1, -0.05) is 47.1 Å². The summed E-state index contributed by atoms with van der Waals surface area (Å²) in [7, 11) is 0. The number of aromatic nitrogens is 6. The lowest BCUT2D eigenvalue weighted by atomic mass is 10.0. The molecule has 8 heteroatoms. The number of hydrogen-bond donors (Lipinski definition) is 2. The number of halogens is 1. The normalized spacial score (nSPS) is 11.3. The number of aromatic amines is 2. The van der Waals surface area contributed by atoms with Crippen LogP contribution in [0.3, 0.4) is 0 Å². The summed E-state index contributed by atoms with van der Waals surface area (Å²) >= 11 is 6.37. The standard InChI is InChI=1S/C19H11ClN6O/c20-12-8-11(9-14-18(12)25-26-24-14)17-16(10-4-2-1-3-5-10)23-19-13(21-17)6-7-15(27)22-19/h1-9H,(H,22,23,27)(H,24,25,26). The minimum Gasteiger partial charge on any atom is -0.305 e. The van der Waals surface area contributed by atoms with Crippen molar-refractivity contribution < 1.29 is 0 Å². The number of H-pyrrole nitrogens is 2. The molecule has 0 radical (unpaired) electrons. The number of nitrogens with zero attached hydrogens (tertiary/aromatic N) is 4. The van der Waals surface area contributed by atoms with E-state index in [2.05, 4.69) is 25.4 Å². The molecule has 0 bridgehead atoms. The Balaban J connectivity index is 1.86. The number of fused-ring (bicyclic) bond motifs is 2. The molecule has 5 rings (SSSR count). The number of pyridine rings is 1. The van der Waals surface area contributed by atoms with Gasteiger partial charge in [0.2, 0.25) is 5.56 Å². The molecular weight excluding hydrogens is 364 g/mol. The molecule has 0 atom stereocenters. The molecule has 130 valence electrons. The summed E-state index contributed by atoms with van der Waals surface area (Å²) in [5.41, 5.74) is 5.05. The zero-order valence-electron chi connectivity index (χ0n) is 13.8. The lowest BCUT2D eigenvalue weighted by Crippen LogP contribution is -2.06. The van der Waals surface area contributed by atoms with Gasteiger partial charge in [0.1, 0.15) is 11.0 Å². The molecule has 2 N–H and O–H groups in total. The Morgan fingerprint density at radius 3 is 2.56 bits per heavy atom. The van der Waals surface area contributed by atoms with E-state index >= 15 is 0 Å². The Morgan fingerprint density at radius 2 is 1.70 bits per heavy atom. The average Bonchev–Trinajstić information content (AvgIpc) is 3.17. The second-order valence-electron chi connectivity index (χ2n) is 6.01. The fraction of sp³-hybridized carbons (Fsp3) is 0. The van der Waals surface area contributed by atoms with E-state index in [0.29, 0.717) is 38.6 Å². The van der Waals surface area contributed by atoms with Gasteiger partial charge in [-0.25, -0.2) is 9.97 Å².